The van der Waals surface area contributed by atoms with Crippen molar-refractivity contribution >= 4 is 5.84 Å². The van der Waals surface area contributed by atoms with Crippen LogP contribution in [0, 0.1) is 0 Å². The summed E-state index contributed by atoms with van der Waals surface area (Å²) in [6.45, 7) is 3.89. The zero-order valence-electron chi connectivity index (χ0n) is 9.01. The molecule has 0 aromatic carbocycles. The minimum atomic E-state index is 0.0380. The van der Waals surface area contributed by atoms with Crippen molar-refractivity contribution in [1.82, 2.24) is 9.88 Å². The molecule has 0 radical (unpaired) electrons. The van der Waals surface area contributed by atoms with Gasteiger partial charge in [0.15, 0.2) is 5.84 Å². The van der Waals surface area contributed by atoms with Crippen molar-refractivity contribution in [2.45, 2.75) is 13.5 Å². The van der Waals surface area contributed by atoms with Gasteiger partial charge in [0.05, 0.1) is 0 Å². The van der Waals surface area contributed by atoms with Gasteiger partial charge in [-0.05, 0) is 31.3 Å². The first-order valence-electron chi connectivity index (χ1n) is 4.78. The van der Waals surface area contributed by atoms with E-state index in [0.29, 0.717) is 5.69 Å². The van der Waals surface area contributed by atoms with Crippen molar-refractivity contribution in [3.05, 3.63) is 29.6 Å². The van der Waals surface area contributed by atoms with Gasteiger partial charge in [-0.15, -0.1) is 0 Å². The van der Waals surface area contributed by atoms with Crippen LogP contribution in [0.15, 0.2) is 23.5 Å². The summed E-state index contributed by atoms with van der Waals surface area (Å²) in [6, 6.07) is 3.74. The fourth-order valence-electron chi connectivity index (χ4n) is 1.19. The molecule has 0 atom stereocenters. The predicted molar refractivity (Wildman–Crippen MR) is 58.8 cm³/mol. The van der Waals surface area contributed by atoms with Crippen LogP contribution in [0.5, 0.6) is 0 Å². The first-order valence-corrected chi connectivity index (χ1v) is 4.78. The molecule has 1 aromatic rings. The molecule has 82 valence electrons. The van der Waals surface area contributed by atoms with Crippen LogP contribution in [0.3, 0.4) is 0 Å². The van der Waals surface area contributed by atoms with E-state index in [2.05, 4.69) is 22.0 Å². The molecular weight excluding hydrogens is 192 g/mol. The van der Waals surface area contributed by atoms with E-state index in [1.165, 1.54) is 0 Å². The molecule has 1 aromatic heterocycles. The van der Waals surface area contributed by atoms with Crippen LogP contribution in [-0.2, 0) is 6.54 Å². The van der Waals surface area contributed by atoms with E-state index in [4.69, 9.17) is 10.9 Å². The number of nitrogens with two attached hydrogens (primary N) is 1. The fraction of sp³-hybridized carbons (Fsp3) is 0.400. The Bertz CT molecular complexity index is 351. The largest absolute Gasteiger partial charge is 0.409 e. The highest BCUT2D eigenvalue weighted by atomic mass is 16.4. The number of oxime groups is 1. The highest BCUT2D eigenvalue weighted by Gasteiger charge is 2.03. The summed E-state index contributed by atoms with van der Waals surface area (Å²) in [5, 5.41) is 11.4. The van der Waals surface area contributed by atoms with Gasteiger partial charge in [0.2, 0.25) is 0 Å². The SMILES string of the molecule is CCN(C)Cc1ccnc(C(N)=NO)c1. The van der Waals surface area contributed by atoms with Gasteiger partial charge in [-0.2, -0.15) is 0 Å². The smallest absolute Gasteiger partial charge is 0.188 e. The van der Waals surface area contributed by atoms with E-state index >= 15 is 0 Å². The molecule has 0 amide bonds. The van der Waals surface area contributed by atoms with Crippen LogP contribution in [-0.4, -0.2) is 34.5 Å². The zero-order chi connectivity index (χ0) is 11.3. The quantitative estimate of drug-likeness (QED) is 0.329. The Kier molecular flexibility index (Phi) is 4.05. The summed E-state index contributed by atoms with van der Waals surface area (Å²) < 4.78 is 0. The van der Waals surface area contributed by atoms with Gasteiger partial charge in [0, 0.05) is 12.7 Å². The molecule has 0 unspecified atom stereocenters. The Morgan fingerprint density at radius 1 is 1.67 bits per heavy atom. The molecule has 0 aliphatic rings. The van der Waals surface area contributed by atoms with E-state index in [-0.39, 0.29) is 5.84 Å². The third-order valence-corrected chi connectivity index (χ3v) is 2.19. The van der Waals surface area contributed by atoms with Crippen molar-refractivity contribution in [1.29, 1.82) is 0 Å². The van der Waals surface area contributed by atoms with Gasteiger partial charge < -0.3 is 15.8 Å². The summed E-state index contributed by atoms with van der Waals surface area (Å²) in [7, 11) is 2.03. The lowest BCUT2D eigenvalue weighted by Crippen LogP contribution is -2.19. The minimum absolute atomic E-state index is 0.0380. The first kappa shape index (κ1) is 11.5. The Morgan fingerprint density at radius 3 is 3.00 bits per heavy atom. The van der Waals surface area contributed by atoms with Crippen LogP contribution in [0.4, 0.5) is 0 Å². The Hall–Kier alpha value is -1.62. The van der Waals surface area contributed by atoms with Crippen LogP contribution in [0.25, 0.3) is 0 Å². The molecule has 0 saturated carbocycles. The molecule has 1 rings (SSSR count). The van der Waals surface area contributed by atoms with Crippen molar-refractivity contribution in [3.8, 4) is 0 Å². The van der Waals surface area contributed by atoms with Gasteiger partial charge in [-0.1, -0.05) is 12.1 Å². The van der Waals surface area contributed by atoms with Crippen LogP contribution in [0.1, 0.15) is 18.2 Å². The predicted octanol–water partition coefficient (Wildman–Crippen LogP) is 0.628. The number of hydrogen-bond acceptors (Lipinski definition) is 4. The average molecular weight is 208 g/mol. The van der Waals surface area contributed by atoms with Gasteiger partial charge in [-0.25, -0.2) is 0 Å². The normalized spacial score (nSPS) is 12.1. The molecule has 0 saturated heterocycles. The second kappa shape index (κ2) is 5.31. The first-order chi connectivity index (χ1) is 7.17. The standard InChI is InChI=1S/C10H16N4O/c1-3-14(2)7-8-4-5-12-9(6-8)10(11)13-15/h4-6,15H,3,7H2,1-2H3,(H2,11,13). The summed E-state index contributed by atoms with van der Waals surface area (Å²) in [5.41, 5.74) is 7.04. The van der Waals surface area contributed by atoms with Crippen molar-refractivity contribution in [2.75, 3.05) is 13.6 Å². The molecule has 1 heterocycles. The van der Waals surface area contributed by atoms with E-state index in [1.807, 2.05) is 19.2 Å². The number of aromatic nitrogens is 1. The maximum absolute atomic E-state index is 8.52. The minimum Gasteiger partial charge on any atom is -0.409 e. The molecule has 0 bridgehead atoms. The summed E-state index contributed by atoms with van der Waals surface area (Å²) in [6.07, 6.45) is 1.66. The lowest BCUT2D eigenvalue weighted by molar-refractivity contribution is 0.318. The maximum atomic E-state index is 8.52. The fourth-order valence-corrected chi connectivity index (χ4v) is 1.19. The average Bonchev–Trinajstić information content (AvgIpc) is 2.28. The molecule has 5 heteroatoms. The van der Waals surface area contributed by atoms with Gasteiger partial charge in [-0.3, -0.25) is 4.98 Å². The molecule has 0 spiro atoms. The van der Waals surface area contributed by atoms with E-state index < -0.39 is 0 Å². The number of pyridine rings is 1. The lowest BCUT2D eigenvalue weighted by Gasteiger charge is -2.13. The summed E-state index contributed by atoms with van der Waals surface area (Å²) in [5.74, 6) is 0.0380. The number of rotatable bonds is 4. The van der Waals surface area contributed by atoms with Crippen molar-refractivity contribution < 1.29 is 5.21 Å². The molecular formula is C10H16N4O. The maximum Gasteiger partial charge on any atom is 0.188 e. The number of nitrogens with zero attached hydrogens (tertiary/aromatic N) is 3. The topological polar surface area (TPSA) is 74.7 Å². The third-order valence-electron chi connectivity index (χ3n) is 2.19. The van der Waals surface area contributed by atoms with E-state index in [1.54, 1.807) is 6.20 Å². The number of hydrogen-bond donors (Lipinski definition) is 2. The van der Waals surface area contributed by atoms with Crippen LogP contribution in [0.2, 0.25) is 0 Å². The number of amidine groups is 1. The van der Waals surface area contributed by atoms with Gasteiger partial charge in [0.1, 0.15) is 5.69 Å². The van der Waals surface area contributed by atoms with Gasteiger partial charge >= 0.3 is 0 Å². The monoisotopic (exact) mass is 208 g/mol. The molecule has 15 heavy (non-hydrogen) atoms. The lowest BCUT2D eigenvalue weighted by atomic mass is 10.2. The highest BCUT2D eigenvalue weighted by molar-refractivity contribution is 5.95. The molecule has 3 N–H and O–H groups in total. The van der Waals surface area contributed by atoms with Crippen LogP contribution >= 0.6 is 0 Å². The van der Waals surface area contributed by atoms with Crippen LogP contribution < -0.4 is 5.73 Å². The van der Waals surface area contributed by atoms with Crippen molar-refractivity contribution in [2.24, 2.45) is 10.9 Å². The molecule has 0 aliphatic heterocycles. The highest BCUT2D eigenvalue weighted by Crippen LogP contribution is 2.04. The second-order valence-electron chi connectivity index (χ2n) is 3.36. The molecule has 0 aliphatic carbocycles. The summed E-state index contributed by atoms with van der Waals surface area (Å²) >= 11 is 0. The van der Waals surface area contributed by atoms with E-state index in [9.17, 15) is 0 Å². The van der Waals surface area contributed by atoms with Gasteiger partial charge in [0.25, 0.3) is 0 Å². The molecule has 5 nitrogen and oxygen atoms in total. The Morgan fingerprint density at radius 2 is 2.40 bits per heavy atom. The van der Waals surface area contributed by atoms with Crippen molar-refractivity contribution in [3.63, 3.8) is 0 Å². The summed E-state index contributed by atoms with van der Waals surface area (Å²) in [4.78, 5) is 6.17. The zero-order valence-corrected chi connectivity index (χ0v) is 9.01. The second-order valence-corrected chi connectivity index (χ2v) is 3.36. The Labute approximate surface area is 89.2 Å². The third kappa shape index (κ3) is 3.21. The van der Waals surface area contributed by atoms with E-state index in [0.717, 1.165) is 18.7 Å². The Balaban J connectivity index is 2.83. The molecule has 0 fully saturated rings.